The molecule has 0 radical (unpaired) electrons. The average molecular weight is 257 g/mol. The molecule has 0 aliphatic rings. The van der Waals surface area contributed by atoms with Gasteiger partial charge in [0.25, 0.3) is 0 Å². The number of thiazole rings is 1. The molecule has 0 atom stereocenters. The second-order valence-electron chi connectivity index (χ2n) is 3.34. The predicted molar refractivity (Wildman–Crippen MR) is 65.6 cm³/mol. The van der Waals surface area contributed by atoms with Crippen LogP contribution in [0.25, 0.3) is 0 Å². The van der Waals surface area contributed by atoms with E-state index in [0.717, 1.165) is 10.6 Å². The van der Waals surface area contributed by atoms with E-state index in [9.17, 15) is 4.39 Å². The van der Waals surface area contributed by atoms with Crippen molar-refractivity contribution in [3.63, 3.8) is 0 Å². The van der Waals surface area contributed by atoms with Gasteiger partial charge < -0.3 is 5.32 Å². The van der Waals surface area contributed by atoms with Crippen LogP contribution in [0.2, 0.25) is 4.34 Å². The van der Waals surface area contributed by atoms with Crippen LogP contribution in [0.1, 0.15) is 10.6 Å². The number of hydrogen-bond donors (Lipinski definition) is 1. The molecular formula is C11H10ClFN2S. The molecule has 0 unspecified atom stereocenters. The summed E-state index contributed by atoms with van der Waals surface area (Å²) in [6.07, 6.45) is 1.59. The molecule has 1 aromatic carbocycles. The molecule has 1 aromatic heterocycles. The lowest BCUT2D eigenvalue weighted by atomic mass is 10.2. The Balaban J connectivity index is 2.10. The fraction of sp³-hybridized carbons (Fsp3) is 0.182. The number of aryl methyl sites for hydroxylation is 1. The van der Waals surface area contributed by atoms with Crippen LogP contribution in [0.3, 0.4) is 0 Å². The number of anilines is 1. The summed E-state index contributed by atoms with van der Waals surface area (Å²) in [6.45, 7) is 2.35. The number of para-hydroxylation sites is 1. The molecule has 1 heterocycles. The minimum Gasteiger partial charge on any atom is -0.376 e. The van der Waals surface area contributed by atoms with Gasteiger partial charge >= 0.3 is 0 Å². The van der Waals surface area contributed by atoms with Crippen molar-refractivity contribution in [3.05, 3.63) is 45.1 Å². The van der Waals surface area contributed by atoms with Gasteiger partial charge in [-0.3, -0.25) is 0 Å². The molecule has 2 aromatic rings. The highest BCUT2D eigenvalue weighted by Crippen LogP contribution is 2.22. The highest BCUT2D eigenvalue weighted by molar-refractivity contribution is 7.15. The van der Waals surface area contributed by atoms with Gasteiger partial charge in [-0.1, -0.05) is 23.7 Å². The Bertz CT molecular complexity index is 478. The lowest BCUT2D eigenvalue weighted by Gasteiger charge is -2.08. The Morgan fingerprint density at radius 2 is 2.31 bits per heavy atom. The first kappa shape index (κ1) is 11.4. The number of rotatable bonds is 3. The van der Waals surface area contributed by atoms with E-state index >= 15 is 0 Å². The van der Waals surface area contributed by atoms with E-state index in [1.54, 1.807) is 12.3 Å². The van der Waals surface area contributed by atoms with Crippen molar-refractivity contribution in [1.29, 1.82) is 0 Å². The largest absolute Gasteiger partial charge is 0.376 e. The number of nitrogens with one attached hydrogen (secondary N) is 1. The molecule has 5 heteroatoms. The van der Waals surface area contributed by atoms with Crippen molar-refractivity contribution in [2.24, 2.45) is 0 Å². The molecule has 16 heavy (non-hydrogen) atoms. The second kappa shape index (κ2) is 4.80. The number of nitrogens with zero attached hydrogens (tertiary/aromatic N) is 1. The molecule has 2 rings (SSSR count). The van der Waals surface area contributed by atoms with Gasteiger partial charge in [0, 0.05) is 0 Å². The number of aromatic nitrogens is 1. The smallest absolute Gasteiger partial charge is 0.146 e. The molecule has 2 nitrogen and oxygen atoms in total. The normalized spacial score (nSPS) is 10.4. The van der Waals surface area contributed by atoms with Crippen LogP contribution < -0.4 is 5.32 Å². The number of hydrogen-bond acceptors (Lipinski definition) is 3. The van der Waals surface area contributed by atoms with Gasteiger partial charge in [-0.15, -0.1) is 11.3 Å². The highest BCUT2D eigenvalue weighted by Gasteiger charge is 2.05. The first-order valence-corrected chi connectivity index (χ1v) is 5.95. The maximum atomic E-state index is 13.5. The summed E-state index contributed by atoms with van der Waals surface area (Å²) in [5, 5.41) is 3.87. The lowest BCUT2D eigenvalue weighted by molar-refractivity contribution is 0.629. The Labute approximate surface area is 102 Å². The predicted octanol–water partition coefficient (Wildman–Crippen LogP) is 3.86. The van der Waals surface area contributed by atoms with E-state index < -0.39 is 0 Å². The summed E-state index contributed by atoms with van der Waals surface area (Å²) in [5.74, 6) is -0.248. The third-order valence-corrected chi connectivity index (χ3v) is 3.28. The van der Waals surface area contributed by atoms with Crippen molar-refractivity contribution in [3.8, 4) is 0 Å². The van der Waals surface area contributed by atoms with Crippen LogP contribution >= 0.6 is 22.9 Å². The Morgan fingerprint density at radius 3 is 2.94 bits per heavy atom. The molecule has 0 fully saturated rings. The lowest BCUT2D eigenvalue weighted by Crippen LogP contribution is -2.02. The van der Waals surface area contributed by atoms with Gasteiger partial charge in [0.15, 0.2) is 0 Å². The van der Waals surface area contributed by atoms with Crippen LogP contribution in [0.4, 0.5) is 10.1 Å². The van der Waals surface area contributed by atoms with Crippen molar-refractivity contribution in [2.75, 3.05) is 5.32 Å². The fourth-order valence-corrected chi connectivity index (χ4v) is 2.29. The summed E-state index contributed by atoms with van der Waals surface area (Å²) >= 11 is 7.15. The SMILES string of the molecule is Cc1cccc(F)c1NCc1ncc(Cl)s1. The summed E-state index contributed by atoms with van der Waals surface area (Å²) < 4.78 is 14.1. The molecule has 0 bridgehead atoms. The van der Waals surface area contributed by atoms with Gasteiger partial charge in [0.2, 0.25) is 0 Å². The third-order valence-electron chi connectivity index (χ3n) is 2.16. The highest BCUT2D eigenvalue weighted by atomic mass is 35.5. The van der Waals surface area contributed by atoms with E-state index in [1.165, 1.54) is 17.4 Å². The van der Waals surface area contributed by atoms with Crippen LogP contribution in [0.5, 0.6) is 0 Å². The fourth-order valence-electron chi connectivity index (χ4n) is 1.39. The second-order valence-corrected chi connectivity index (χ2v) is 5.09. The first-order chi connectivity index (χ1) is 7.66. The minimum atomic E-state index is -0.248. The summed E-state index contributed by atoms with van der Waals surface area (Å²) in [6, 6.07) is 4.99. The van der Waals surface area contributed by atoms with Gasteiger partial charge in [0.05, 0.1) is 18.4 Å². The summed E-state index contributed by atoms with van der Waals surface area (Å²) in [5.41, 5.74) is 1.40. The summed E-state index contributed by atoms with van der Waals surface area (Å²) in [4.78, 5) is 4.09. The molecule has 84 valence electrons. The van der Waals surface area contributed by atoms with Gasteiger partial charge in [0.1, 0.15) is 15.2 Å². The zero-order valence-electron chi connectivity index (χ0n) is 8.63. The van der Waals surface area contributed by atoms with Crippen LogP contribution in [-0.2, 0) is 6.54 Å². The van der Waals surface area contributed by atoms with E-state index in [-0.39, 0.29) is 5.82 Å². The average Bonchev–Trinajstić information content (AvgIpc) is 2.63. The van der Waals surface area contributed by atoms with Crippen LogP contribution in [0.15, 0.2) is 24.4 Å². The molecule has 0 spiro atoms. The Morgan fingerprint density at radius 1 is 1.50 bits per heavy atom. The van der Waals surface area contributed by atoms with Gasteiger partial charge in [-0.2, -0.15) is 0 Å². The molecule has 0 saturated carbocycles. The van der Waals surface area contributed by atoms with Crippen molar-refractivity contribution >= 4 is 28.6 Å². The maximum Gasteiger partial charge on any atom is 0.146 e. The van der Waals surface area contributed by atoms with Crippen molar-refractivity contribution in [2.45, 2.75) is 13.5 Å². The van der Waals surface area contributed by atoms with Gasteiger partial charge in [-0.05, 0) is 18.6 Å². The molecule has 0 amide bonds. The minimum absolute atomic E-state index is 0.248. The van der Waals surface area contributed by atoms with Crippen LogP contribution in [-0.4, -0.2) is 4.98 Å². The van der Waals surface area contributed by atoms with Gasteiger partial charge in [-0.25, -0.2) is 9.37 Å². The quantitative estimate of drug-likeness (QED) is 0.902. The third kappa shape index (κ3) is 2.51. The topological polar surface area (TPSA) is 24.9 Å². The van der Waals surface area contributed by atoms with E-state index in [0.29, 0.717) is 16.6 Å². The van der Waals surface area contributed by atoms with Crippen LogP contribution in [0, 0.1) is 12.7 Å². The van der Waals surface area contributed by atoms with Crippen molar-refractivity contribution in [1.82, 2.24) is 4.98 Å². The van der Waals surface area contributed by atoms with E-state index in [1.807, 2.05) is 13.0 Å². The van der Waals surface area contributed by atoms with E-state index in [4.69, 9.17) is 11.6 Å². The van der Waals surface area contributed by atoms with Crippen molar-refractivity contribution < 1.29 is 4.39 Å². The molecule has 0 aliphatic carbocycles. The Kier molecular flexibility index (Phi) is 3.41. The standard InChI is InChI=1S/C11H10ClFN2S/c1-7-3-2-4-8(13)11(7)15-6-10-14-5-9(12)16-10/h2-5,15H,6H2,1H3. The number of benzene rings is 1. The molecule has 0 saturated heterocycles. The zero-order chi connectivity index (χ0) is 11.5. The Hall–Kier alpha value is -1.13. The number of halogens is 2. The van der Waals surface area contributed by atoms with E-state index in [2.05, 4.69) is 10.3 Å². The molecular weight excluding hydrogens is 247 g/mol. The molecule has 1 N–H and O–H groups in total. The first-order valence-electron chi connectivity index (χ1n) is 4.76. The summed E-state index contributed by atoms with van der Waals surface area (Å²) in [7, 11) is 0. The zero-order valence-corrected chi connectivity index (χ0v) is 10.2. The maximum absolute atomic E-state index is 13.5. The monoisotopic (exact) mass is 256 g/mol. The molecule has 0 aliphatic heterocycles.